The SMILES string of the molecule is CCOc1ccc(OCC)c(NC(=O)Nc2ccc3c(c2)N(CC)C(=O)c2ccccc2S3)c1. The molecule has 0 atom stereocenters. The Bertz CT molecular complexity index is 1210. The van der Waals surface area contributed by atoms with Crippen molar-refractivity contribution in [1.82, 2.24) is 0 Å². The van der Waals surface area contributed by atoms with Gasteiger partial charge in [0.15, 0.2) is 0 Å². The number of urea groups is 1. The summed E-state index contributed by atoms with van der Waals surface area (Å²) in [6.07, 6.45) is 0. The van der Waals surface area contributed by atoms with Crippen LogP contribution >= 0.6 is 11.8 Å². The fraction of sp³-hybridized carbons (Fsp3) is 0.231. The number of rotatable bonds is 7. The fourth-order valence-electron chi connectivity index (χ4n) is 3.74. The molecule has 0 spiro atoms. The molecule has 8 heteroatoms. The summed E-state index contributed by atoms with van der Waals surface area (Å²) in [5.41, 5.74) is 2.53. The normalized spacial score (nSPS) is 12.3. The Balaban J connectivity index is 1.57. The van der Waals surface area contributed by atoms with Crippen molar-refractivity contribution in [2.24, 2.45) is 0 Å². The zero-order valence-electron chi connectivity index (χ0n) is 19.4. The molecule has 3 amide bonds. The lowest BCUT2D eigenvalue weighted by Gasteiger charge is -2.22. The van der Waals surface area contributed by atoms with Crippen LogP contribution in [0.2, 0.25) is 0 Å². The molecule has 1 heterocycles. The van der Waals surface area contributed by atoms with E-state index in [2.05, 4.69) is 10.6 Å². The first kappa shape index (κ1) is 23.5. The number of hydrogen-bond acceptors (Lipinski definition) is 5. The Morgan fingerprint density at radius 2 is 1.71 bits per heavy atom. The van der Waals surface area contributed by atoms with Gasteiger partial charge in [0.25, 0.3) is 5.91 Å². The van der Waals surface area contributed by atoms with Gasteiger partial charge in [-0.3, -0.25) is 4.79 Å². The first-order chi connectivity index (χ1) is 16.5. The molecule has 0 saturated carbocycles. The van der Waals surface area contributed by atoms with Crippen molar-refractivity contribution in [3.05, 3.63) is 66.2 Å². The molecule has 0 aliphatic carbocycles. The minimum Gasteiger partial charge on any atom is -0.494 e. The molecular formula is C26H27N3O4S. The molecular weight excluding hydrogens is 450 g/mol. The second-order valence-electron chi connectivity index (χ2n) is 7.43. The molecule has 2 N–H and O–H groups in total. The molecule has 0 bridgehead atoms. The summed E-state index contributed by atoms with van der Waals surface area (Å²) in [6.45, 7) is 7.22. The number of nitrogens with one attached hydrogen (secondary N) is 2. The van der Waals surface area contributed by atoms with E-state index >= 15 is 0 Å². The molecule has 0 aromatic heterocycles. The predicted octanol–water partition coefficient (Wildman–Crippen LogP) is 6.26. The summed E-state index contributed by atoms with van der Waals surface area (Å²) in [5.74, 6) is 1.14. The third-order valence-corrected chi connectivity index (χ3v) is 6.36. The summed E-state index contributed by atoms with van der Waals surface area (Å²) >= 11 is 1.55. The average Bonchev–Trinajstić information content (AvgIpc) is 2.94. The van der Waals surface area contributed by atoms with Gasteiger partial charge in [-0.15, -0.1) is 0 Å². The first-order valence-electron chi connectivity index (χ1n) is 11.2. The standard InChI is InChI=1S/C26H27N3O4S/c1-4-29-21-15-17(11-14-24(21)34-23-10-8-7-9-19(23)25(29)30)27-26(31)28-20-16-18(32-5-2)12-13-22(20)33-6-3/h7-16H,4-6H2,1-3H3,(H2,27,28,31). The Hall–Kier alpha value is -3.65. The number of nitrogens with zero attached hydrogens (tertiary/aromatic N) is 1. The minimum atomic E-state index is -0.423. The highest BCUT2D eigenvalue weighted by molar-refractivity contribution is 7.99. The van der Waals surface area contributed by atoms with Gasteiger partial charge < -0.3 is 25.0 Å². The second kappa shape index (κ2) is 10.5. The van der Waals surface area contributed by atoms with Crippen LogP contribution in [0.3, 0.4) is 0 Å². The number of hydrogen-bond donors (Lipinski definition) is 2. The van der Waals surface area contributed by atoms with E-state index < -0.39 is 6.03 Å². The van der Waals surface area contributed by atoms with Gasteiger partial charge in [-0.05, 0) is 63.2 Å². The third-order valence-electron chi connectivity index (χ3n) is 5.22. The Labute approximate surface area is 203 Å². The van der Waals surface area contributed by atoms with Crippen LogP contribution < -0.4 is 25.0 Å². The zero-order chi connectivity index (χ0) is 24.1. The van der Waals surface area contributed by atoms with Crippen molar-refractivity contribution in [1.29, 1.82) is 0 Å². The van der Waals surface area contributed by atoms with Crippen LogP contribution in [0.4, 0.5) is 21.9 Å². The minimum absolute atomic E-state index is 0.0555. The van der Waals surface area contributed by atoms with Gasteiger partial charge in [0.05, 0.1) is 30.2 Å². The summed E-state index contributed by atoms with van der Waals surface area (Å²) in [4.78, 5) is 29.6. The number of fused-ring (bicyclic) bond motifs is 2. The zero-order valence-corrected chi connectivity index (χ0v) is 20.2. The summed E-state index contributed by atoms with van der Waals surface area (Å²) in [7, 11) is 0. The molecule has 3 aromatic rings. The van der Waals surface area contributed by atoms with Crippen molar-refractivity contribution in [2.75, 3.05) is 35.3 Å². The van der Waals surface area contributed by atoms with Crippen LogP contribution in [-0.2, 0) is 0 Å². The van der Waals surface area contributed by atoms with Gasteiger partial charge in [0, 0.05) is 28.1 Å². The molecule has 176 valence electrons. The average molecular weight is 478 g/mol. The molecule has 0 fully saturated rings. The van der Waals surface area contributed by atoms with E-state index in [0.29, 0.717) is 48.2 Å². The largest absolute Gasteiger partial charge is 0.494 e. The van der Waals surface area contributed by atoms with Crippen LogP contribution in [0.5, 0.6) is 11.5 Å². The molecule has 7 nitrogen and oxygen atoms in total. The predicted molar refractivity (Wildman–Crippen MR) is 136 cm³/mol. The monoisotopic (exact) mass is 477 g/mol. The lowest BCUT2D eigenvalue weighted by molar-refractivity contribution is 0.0985. The quantitative estimate of drug-likeness (QED) is 0.420. The second-order valence-corrected chi connectivity index (χ2v) is 8.52. The van der Waals surface area contributed by atoms with E-state index in [9.17, 15) is 9.59 Å². The van der Waals surface area contributed by atoms with Crippen molar-refractivity contribution in [3.8, 4) is 11.5 Å². The molecule has 3 aromatic carbocycles. The summed E-state index contributed by atoms with van der Waals surface area (Å²) in [6, 6.07) is 18.1. The molecule has 1 aliphatic heterocycles. The van der Waals surface area contributed by atoms with E-state index in [4.69, 9.17) is 9.47 Å². The van der Waals surface area contributed by atoms with Crippen LogP contribution in [0.15, 0.2) is 70.5 Å². The number of amides is 3. The van der Waals surface area contributed by atoms with Gasteiger partial charge in [-0.2, -0.15) is 0 Å². The van der Waals surface area contributed by atoms with E-state index in [1.54, 1.807) is 34.9 Å². The molecule has 0 radical (unpaired) electrons. The Morgan fingerprint density at radius 1 is 0.912 bits per heavy atom. The molecule has 0 unspecified atom stereocenters. The number of carbonyl (C=O) groups is 2. The van der Waals surface area contributed by atoms with E-state index in [0.717, 1.165) is 15.5 Å². The van der Waals surface area contributed by atoms with Crippen molar-refractivity contribution in [2.45, 2.75) is 30.6 Å². The fourth-order valence-corrected chi connectivity index (χ4v) is 4.80. The summed E-state index contributed by atoms with van der Waals surface area (Å²) in [5, 5.41) is 5.71. The lowest BCUT2D eigenvalue weighted by atomic mass is 10.1. The molecule has 4 rings (SSSR count). The topological polar surface area (TPSA) is 79.9 Å². The van der Waals surface area contributed by atoms with E-state index in [1.807, 2.05) is 63.2 Å². The van der Waals surface area contributed by atoms with Gasteiger partial charge in [-0.25, -0.2) is 4.79 Å². The lowest BCUT2D eigenvalue weighted by Crippen LogP contribution is -2.30. The first-order valence-corrected chi connectivity index (χ1v) is 12.1. The molecule has 34 heavy (non-hydrogen) atoms. The third kappa shape index (κ3) is 4.97. The highest BCUT2D eigenvalue weighted by Crippen LogP contribution is 2.42. The van der Waals surface area contributed by atoms with Crippen molar-refractivity contribution in [3.63, 3.8) is 0 Å². The maximum Gasteiger partial charge on any atom is 0.323 e. The maximum atomic E-state index is 13.2. The van der Waals surface area contributed by atoms with Gasteiger partial charge in [-0.1, -0.05) is 23.9 Å². The smallest absolute Gasteiger partial charge is 0.323 e. The van der Waals surface area contributed by atoms with Gasteiger partial charge in [0.2, 0.25) is 0 Å². The highest BCUT2D eigenvalue weighted by Gasteiger charge is 2.26. The van der Waals surface area contributed by atoms with Crippen LogP contribution in [0.25, 0.3) is 0 Å². The number of benzene rings is 3. The highest BCUT2D eigenvalue weighted by atomic mass is 32.2. The van der Waals surface area contributed by atoms with Gasteiger partial charge >= 0.3 is 6.03 Å². The molecule has 0 saturated heterocycles. The van der Waals surface area contributed by atoms with Gasteiger partial charge in [0.1, 0.15) is 11.5 Å². The Kier molecular flexibility index (Phi) is 7.27. The van der Waals surface area contributed by atoms with E-state index in [-0.39, 0.29) is 5.91 Å². The van der Waals surface area contributed by atoms with E-state index in [1.165, 1.54) is 0 Å². The Morgan fingerprint density at radius 3 is 2.47 bits per heavy atom. The molecule has 1 aliphatic rings. The van der Waals surface area contributed by atoms with Crippen LogP contribution in [0, 0.1) is 0 Å². The summed E-state index contributed by atoms with van der Waals surface area (Å²) < 4.78 is 11.2. The number of ether oxygens (including phenoxy) is 2. The van der Waals surface area contributed by atoms with Crippen LogP contribution in [0.1, 0.15) is 31.1 Å². The number of anilines is 3. The van der Waals surface area contributed by atoms with Crippen LogP contribution in [-0.4, -0.2) is 31.7 Å². The number of carbonyl (C=O) groups excluding carboxylic acids is 2. The van der Waals surface area contributed by atoms with Crippen molar-refractivity contribution >= 4 is 40.8 Å². The maximum absolute atomic E-state index is 13.2. The van der Waals surface area contributed by atoms with Crippen molar-refractivity contribution < 1.29 is 19.1 Å².